The van der Waals surface area contributed by atoms with Gasteiger partial charge in [-0.3, -0.25) is 4.79 Å². The van der Waals surface area contributed by atoms with Crippen molar-refractivity contribution >= 4 is 5.78 Å². The third-order valence-corrected chi connectivity index (χ3v) is 2.28. The van der Waals surface area contributed by atoms with Gasteiger partial charge in [0.05, 0.1) is 32.0 Å². The van der Waals surface area contributed by atoms with E-state index in [2.05, 4.69) is 7.05 Å². The van der Waals surface area contributed by atoms with E-state index in [1.165, 1.54) is 4.90 Å². The van der Waals surface area contributed by atoms with Gasteiger partial charge < -0.3 is 4.90 Å². The van der Waals surface area contributed by atoms with Crippen molar-refractivity contribution in [3.63, 3.8) is 0 Å². The van der Waals surface area contributed by atoms with Crippen molar-refractivity contribution in [1.29, 1.82) is 0 Å². The summed E-state index contributed by atoms with van der Waals surface area (Å²) >= 11 is 0. The summed E-state index contributed by atoms with van der Waals surface area (Å²) < 4.78 is 0. The van der Waals surface area contributed by atoms with Crippen LogP contribution in [0, 0.1) is 11.8 Å². The molecule has 0 amide bonds. The zero-order valence-corrected chi connectivity index (χ0v) is 6.98. The molecule has 1 N–H and O–H groups in total. The largest absolute Gasteiger partial charge is 0.336 e. The monoisotopic (exact) mass is 142 g/mol. The smallest absolute Gasteiger partial charge is 0.149 e. The summed E-state index contributed by atoms with van der Waals surface area (Å²) in [4.78, 5) is 12.7. The van der Waals surface area contributed by atoms with Crippen LogP contribution in [-0.2, 0) is 4.79 Å². The van der Waals surface area contributed by atoms with E-state index in [1.807, 2.05) is 13.8 Å². The number of carbonyl (C=O) groups is 1. The fourth-order valence-corrected chi connectivity index (χ4v) is 1.82. The maximum atomic E-state index is 11.3. The molecule has 0 bridgehead atoms. The Hall–Kier alpha value is -0.370. The van der Waals surface area contributed by atoms with Crippen molar-refractivity contribution in [3.8, 4) is 0 Å². The van der Waals surface area contributed by atoms with E-state index in [1.54, 1.807) is 0 Å². The second-order valence-corrected chi connectivity index (χ2v) is 3.57. The van der Waals surface area contributed by atoms with Crippen LogP contribution in [-0.4, -0.2) is 25.9 Å². The Morgan fingerprint density at radius 1 is 1.30 bits per heavy atom. The molecular formula is C8H16NO+. The number of ketones is 1. The van der Waals surface area contributed by atoms with E-state index in [0.717, 1.165) is 13.1 Å². The lowest BCUT2D eigenvalue weighted by Crippen LogP contribution is -3.12. The first-order valence-electron chi connectivity index (χ1n) is 3.96. The summed E-state index contributed by atoms with van der Waals surface area (Å²) in [5.41, 5.74) is 0. The molecule has 0 aliphatic carbocycles. The van der Waals surface area contributed by atoms with Gasteiger partial charge in [-0.2, -0.15) is 0 Å². The van der Waals surface area contributed by atoms with Gasteiger partial charge in [0.2, 0.25) is 0 Å². The van der Waals surface area contributed by atoms with E-state index in [-0.39, 0.29) is 11.8 Å². The van der Waals surface area contributed by atoms with Gasteiger partial charge in [-0.15, -0.1) is 0 Å². The van der Waals surface area contributed by atoms with Crippen molar-refractivity contribution in [2.75, 3.05) is 20.1 Å². The number of hydrogen-bond donors (Lipinski definition) is 1. The third-order valence-electron chi connectivity index (χ3n) is 2.28. The average molecular weight is 142 g/mol. The van der Waals surface area contributed by atoms with Gasteiger partial charge in [0.1, 0.15) is 5.78 Å². The van der Waals surface area contributed by atoms with E-state index >= 15 is 0 Å². The summed E-state index contributed by atoms with van der Waals surface area (Å²) in [6, 6.07) is 0. The molecule has 0 aromatic heterocycles. The lowest BCUT2D eigenvalue weighted by atomic mass is 9.91. The van der Waals surface area contributed by atoms with Crippen LogP contribution in [0.25, 0.3) is 0 Å². The molecule has 1 heterocycles. The second-order valence-electron chi connectivity index (χ2n) is 3.57. The van der Waals surface area contributed by atoms with Crippen molar-refractivity contribution in [2.24, 2.45) is 11.8 Å². The molecule has 2 nitrogen and oxygen atoms in total. The Morgan fingerprint density at radius 3 is 2.10 bits per heavy atom. The zero-order valence-electron chi connectivity index (χ0n) is 6.98. The Balaban J connectivity index is 2.57. The molecule has 1 fully saturated rings. The number of Topliss-reactive ketones (excluding diaryl/α,β-unsaturated/α-hetero) is 1. The summed E-state index contributed by atoms with van der Waals surface area (Å²) in [5, 5.41) is 0. The van der Waals surface area contributed by atoms with Gasteiger partial charge in [-0.1, -0.05) is 13.8 Å². The molecule has 1 aliphatic rings. The molecule has 0 radical (unpaired) electrons. The van der Waals surface area contributed by atoms with Crippen LogP contribution >= 0.6 is 0 Å². The number of rotatable bonds is 0. The first-order valence-corrected chi connectivity index (χ1v) is 3.96. The van der Waals surface area contributed by atoms with Crippen molar-refractivity contribution in [1.82, 2.24) is 0 Å². The molecule has 0 saturated carbocycles. The molecule has 2 heteroatoms. The van der Waals surface area contributed by atoms with Crippen LogP contribution in [0.3, 0.4) is 0 Å². The molecule has 1 unspecified atom stereocenters. The van der Waals surface area contributed by atoms with Gasteiger partial charge in [0.25, 0.3) is 0 Å². The Kier molecular flexibility index (Phi) is 2.09. The summed E-state index contributed by atoms with van der Waals surface area (Å²) in [6.07, 6.45) is 0. The lowest BCUT2D eigenvalue weighted by molar-refractivity contribution is -0.887. The van der Waals surface area contributed by atoms with Crippen molar-refractivity contribution in [2.45, 2.75) is 13.8 Å². The number of carbonyl (C=O) groups excluding carboxylic acids is 1. The number of likely N-dealkylation sites (tertiary alicyclic amines) is 1. The quantitative estimate of drug-likeness (QED) is 0.477. The molecule has 1 saturated heterocycles. The maximum absolute atomic E-state index is 11.3. The van der Waals surface area contributed by atoms with Gasteiger partial charge >= 0.3 is 0 Å². The molecule has 58 valence electrons. The standard InChI is InChI=1S/C8H15NO/c1-6-4-9(3)5-7(2)8(6)10/h6-7H,4-5H2,1-3H3/p+1/t6-,7+. The Labute approximate surface area is 62.2 Å². The molecule has 10 heavy (non-hydrogen) atoms. The minimum Gasteiger partial charge on any atom is -0.336 e. The molecule has 0 spiro atoms. The van der Waals surface area contributed by atoms with Crippen LogP contribution in [0.5, 0.6) is 0 Å². The summed E-state index contributed by atoms with van der Waals surface area (Å²) in [5.74, 6) is 1.01. The van der Waals surface area contributed by atoms with Crippen molar-refractivity contribution in [3.05, 3.63) is 0 Å². The highest BCUT2D eigenvalue weighted by Crippen LogP contribution is 2.06. The fourth-order valence-electron chi connectivity index (χ4n) is 1.82. The number of quaternary nitrogens is 1. The number of hydrogen-bond acceptors (Lipinski definition) is 1. The van der Waals surface area contributed by atoms with E-state index in [9.17, 15) is 4.79 Å². The molecule has 0 aromatic carbocycles. The summed E-state index contributed by atoms with van der Waals surface area (Å²) in [7, 11) is 2.15. The van der Waals surface area contributed by atoms with Gasteiger partial charge in [0.15, 0.2) is 0 Å². The van der Waals surface area contributed by atoms with E-state index < -0.39 is 0 Å². The summed E-state index contributed by atoms with van der Waals surface area (Å²) in [6.45, 7) is 6.09. The molecule has 1 aliphatic heterocycles. The molecule has 1 rings (SSSR count). The highest BCUT2D eigenvalue weighted by atomic mass is 16.1. The van der Waals surface area contributed by atoms with Crippen LogP contribution < -0.4 is 4.90 Å². The Morgan fingerprint density at radius 2 is 1.70 bits per heavy atom. The van der Waals surface area contributed by atoms with Gasteiger partial charge in [0, 0.05) is 0 Å². The lowest BCUT2D eigenvalue weighted by Gasteiger charge is -2.27. The van der Waals surface area contributed by atoms with Crippen LogP contribution in [0.4, 0.5) is 0 Å². The average Bonchev–Trinajstić information content (AvgIpc) is 1.82. The number of nitrogens with one attached hydrogen (secondary N) is 1. The third kappa shape index (κ3) is 1.37. The van der Waals surface area contributed by atoms with Crippen LogP contribution in [0.15, 0.2) is 0 Å². The normalized spacial score (nSPS) is 41.9. The molecule has 3 atom stereocenters. The Bertz CT molecular complexity index is 130. The predicted octanol–water partition coefficient (Wildman–Crippen LogP) is -0.644. The minimum atomic E-state index is 0.281. The SMILES string of the molecule is C[C@@H]1C[NH+](C)C[C@H](C)C1=O. The topological polar surface area (TPSA) is 21.5 Å². The maximum Gasteiger partial charge on any atom is 0.149 e. The first-order chi connectivity index (χ1) is 4.61. The predicted molar refractivity (Wildman–Crippen MR) is 40.0 cm³/mol. The van der Waals surface area contributed by atoms with E-state index in [0.29, 0.717) is 5.78 Å². The van der Waals surface area contributed by atoms with Gasteiger partial charge in [-0.25, -0.2) is 0 Å². The first kappa shape index (κ1) is 7.73. The zero-order chi connectivity index (χ0) is 7.72. The van der Waals surface area contributed by atoms with E-state index in [4.69, 9.17) is 0 Å². The van der Waals surface area contributed by atoms with Crippen molar-refractivity contribution < 1.29 is 9.69 Å². The number of piperidine rings is 1. The fraction of sp³-hybridized carbons (Fsp3) is 0.875. The minimum absolute atomic E-state index is 0.281. The molecular weight excluding hydrogens is 126 g/mol. The van der Waals surface area contributed by atoms with Gasteiger partial charge in [-0.05, 0) is 0 Å². The highest BCUT2D eigenvalue weighted by Gasteiger charge is 2.30. The van der Waals surface area contributed by atoms with Crippen LogP contribution in [0.1, 0.15) is 13.8 Å². The molecule has 0 aromatic rings. The second kappa shape index (κ2) is 2.70. The van der Waals surface area contributed by atoms with Crippen LogP contribution in [0.2, 0.25) is 0 Å². The highest BCUT2D eigenvalue weighted by molar-refractivity contribution is 5.83.